The summed E-state index contributed by atoms with van der Waals surface area (Å²) < 4.78 is 8.17. The van der Waals surface area contributed by atoms with Crippen molar-refractivity contribution >= 4 is 23.2 Å². The molecule has 1 aromatic heterocycles. The molecule has 7 rings (SSSR count). The van der Waals surface area contributed by atoms with Crippen molar-refractivity contribution in [1.29, 1.82) is 0 Å². The maximum Gasteiger partial charge on any atom is 0.213 e. The highest BCUT2D eigenvalue weighted by atomic mass is 16.5. The second-order valence-electron chi connectivity index (χ2n) is 9.79. The fraction of sp³-hybridized carbons (Fsp3) is 0.152. The number of hydrogen-bond acceptors (Lipinski definition) is 5. The quantitative estimate of drug-likeness (QED) is 0.242. The van der Waals surface area contributed by atoms with Gasteiger partial charge in [0.1, 0.15) is 5.75 Å². The summed E-state index contributed by atoms with van der Waals surface area (Å²) in [6.45, 7) is 5.41. The van der Waals surface area contributed by atoms with Gasteiger partial charge in [0.15, 0.2) is 5.82 Å². The van der Waals surface area contributed by atoms with Crippen LogP contribution < -0.4 is 14.5 Å². The van der Waals surface area contributed by atoms with Crippen LogP contribution in [-0.2, 0) is 6.54 Å². The second-order valence-corrected chi connectivity index (χ2v) is 9.79. The van der Waals surface area contributed by atoms with Gasteiger partial charge in [-0.3, -0.25) is 4.90 Å². The molecule has 192 valence electrons. The molecule has 0 fully saturated rings. The molecule has 0 saturated heterocycles. The van der Waals surface area contributed by atoms with Gasteiger partial charge in [0.25, 0.3) is 0 Å². The highest BCUT2D eigenvalue weighted by molar-refractivity contribution is 6.18. The van der Waals surface area contributed by atoms with Crippen LogP contribution in [-0.4, -0.2) is 22.3 Å². The van der Waals surface area contributed by atoms with Crippen molar-refractivity contribution in [2.75, 3.05) is 16.4 Å². The average molecular weight is 512 g/mol. The first-order valence-corrected chi connectivity index (χ1v) is 13.4. The number of aryl methyl sites for hydroxylation is 1. The van der Waals surface area contributed by atoms with E-state index in [-0.39, 0.29) is 6.04 Å². The van der Waals surface area contributed by atoms with Crippen LogP contribution in [0.2, 0.25) is 0 Å². The number of hydrogen-bond donors (Lipinski definition) is 0. The fourth-order valence-corrected chi connectivity index (χ4v) is 5.75. The molecule has 5 aromatic rings. The predicted molar refractivity (Wildman–Crippen MR) is 156 cm³/mol. The molecule has 1 atom stereocenters. The summed E-state index contributed by atoms with van der Waals surface area (Å²) in [5, 5.41) is 5.03. The third-order valence-electron chi connectivity index (χ3n) is 7.41. The fourth-order valence-electron chi connectivity index (χ4n) is 5.75. The van der Waals surface area contributed by atoms with E-state index in [4.69, 9.17) is 14.8 Å². The molecule has 0 spiro atoms. The van der Waals surface area contributed by atoms with Gasteiger partial charge in [-0.05, 0) is 49.7 Å². The van der Waals surface area contributed by atoms with Crippen LogP contribution in [0.3, 0.4) is 0 Å². The Balaban J connectivity index is 1.50. The van der Waals surface area contributed by atoms with E-state index < -0.39 is 0 Å². The number of guanidine groups is 1. The smallest absolute Gasteiger partial charge is 0.213 e. The topological polar surface area (TPSA) is 45.9 Å². The van der Waals surface area contributed by atoms with Crippen molar-refractivity contribution in [3.05, 3.63) is 132 Å². The predicted octanol–water partition coefficient (Wildman–Crippen LogP) is 7.20. The van der Waals surface area contributed by atoms with Crippen molar-refractivity contribution in [1.82, 2.24) is 9.78 Å². The van der Waals surface area contributed by atoms with Gasteiger partial charge in [-0.25, -0.2) is 4.68 Å². The van der Waals surface area contributed by atoms with Gasteiger partial charge in [0.05, 0.1) is 41.9 Å². The first-order valence-electron chi connectivity index (χ1n) is 13.4. The lowest BCUT2D eigenvalue weighted by atomic mass is 9.94. The lowest BCUT2D eigenvalue weighted by molar-refractivity contribution is 0.335. The number of nitrogens with zero attached hydrogens (tertiary/aromatic N) is 5. The first kappa shape index (κ1) is 23.3. The van der Waals surface area contributed by atoms with E-state index in [1.807, 2.05) is 35.9 Å². The summed E-state index contributed by atoms with van der Waals surface area (Å²) in [6, 6.07) is 37.6. The monoisotopic (exact) mass is 511 g/mol. The minimum atomic E-state index is -0.158. The van der Waals surface area contributed by atoms with Crippen molar-refractivity contribution in [3.63, 3.8) is 0 Å². The highest BCUT2D eigenvalue weighted by Gasteiger charge is 2.45. The Morgan fingerprint density at radius 3 is 2.21 bits per heavy atom. The van der Waals surface area contributed by atoms with E-state index >= 15 is 0 Å². The number of aliphatic imine (C=N–C) groups is 1. The van der Waals surface area contributed by atoms with Crippen molar-refractivity contribution in [3.8, 4) is 11.4 Å². The zero-order valence-corrected chi connectivity index (χ0v) is 22.0. The molecule has 6 nitrogen and oxygen atoms in total. The summed E-state index contributed by atoms with van der Waals surface area (Å²) in [5.41, 5.74) is 7.61. The molecular weight excluding hydrogens is 482 g/mol. The second kappa shape index (κ2) is 9.48. The summed E-state index contributed by atoms with van der Waals surface area (Å²) >= 11 is 0. The van der Waals surface area contributed by atoms with Crippen LogP contribution >= 0.6 is 0 Å². The Bertz CT molecular complexity index is 1680. The van der Waals surface area contributed by atoms with Crippen molar-refractivity contribution in [2.24, 2.45) is 4.99 Å². The van der Waals surface area contributed by atoms with E-state index in [9.17, 15) is 0 Å². The van der Waals surface area contributed by atoms with Crippen LogP contribution in [0.1, 0.15) is 35.3 Å². The lowest BCUT2D eigenvalue weighted by Crippen LogP contribution is -2.43. The molecule has 0 amide bonds. The van der Waals surface area contributed by atoms with Gasteiger partial charge >= 0.3 is 0 Å². The summed E-state index contributed by atoms with van der Waals surface area (Å²) in [6.07, 6.45) is 0. The van der Waals surface area contributed by atoms with Gasteiger partial charge < -0.3 is 9.64 Å². The number of benzene rings is 4. The molecule has 0 aliphatic carbocycles. The Morgan fingerprint density at radius 1 is 0.769 bits per heavy atom. The van der Waals surface area contributed by atoms with E-state index in [0.29, 0.717) is 13.2 Å². The largest absolute Gasteiger partial charge is 0.494 e. The zero-order chi connectivity index (χ0) is 26.3. The molecule has 0 radical (unpaired) electrons. The standard InChI is InChI=1S/C33H29N5O/c1-3-39-29-21-13-10-18-26(29)31-30-23(2)35-38(25-16-8-5-9-17-25)32(30)34-33-36(22-24-14-6-4-7-15-24)27-19-11-12-20-28(27)37(31)33/h4-21,31H,3,22H2,1-2H3/t31-/m1/s1. The Hall–Kier alpha value is -4.84. The van der Waals surface area contributed by atoms with Gasteiger partial charge in [0, 0.05) is 11.1 Å². The average Bonchev–Trinajstić information content (AvgIpc) is 3.48. The van der Waals surface area contributed by atoms with Crippen molar-refractivity contribution in [2.45, 2.75) is 26.4 Å². The Morgan fingerprint density at radius 2 is 1.44 bits per heavy atom. The maximum atomic E-state index is 6.19. The third kappa shape index (κ3) is 3.79. The third-order valence-corrected chi connectivity index (χ3v) is 7.41. The number of aromatic nitrogens is 2. The molecule has 0 bridgehead atoms. The van der Waals surface area contributed by atoms with Gasteiger partial charge in [0.2, 0.25) is 5.96 Å². The first-order chi connectivity index (χ1) is 19.2. The SMILES string of the molecule is CCOc1ccccc1[C@@H]1c2c(C)nn(-c3ccccc3)c2N=C2N(Cc3ccccc3)c3ccccc3N21. The zero-order valence-electron chi connectivity index (χ0n) is 22.0. The normalized spacial score (nSPS) is 15.4. The van der Waals surface area contributed by atoms with Crippen LogP contribution in [0.5, 0.6) is 5.75 Å². The molecule has 4 aromatic carbocycles. The molecule has 0 saturated carbocycles. The lowest BCUT2D eigenvalue weighted by Gasteiger charge is -2.35. The van der Waals surface area contributed by atoms with Crippen LogP contribution in [0, 0.1) is 6.92 Å². The highest BCUT2D eigenvalue weighted by Crippen LogP contribution is 2.52. The van der Waals surface area contributed by atoms with Gasteiger partial charge in [-0.15, -0.1) is 0 Å². The van der Waals surface area contributed by atoms with Gasteiger partial charge in [-0.2, -0.15) is 10.1 Å². The molecule has 0 N–H and O–H groups in total. The number of ether oxygens (including phenoxy) is 1. The minimum Gasteiger partial charge on any atom is -0.494 e. The molecular formula is C33H29N5O. The number of anilines is 2. The van der Waals surface area contributed by atoms with E-state index in [0.717, 1.165) is 51.4 Å². The number of rotatable bonds is 6. The molecule has 3 heterocycles. The summed E-state index contributed by atoms with van der Waals surface area (Å²) in [4.78, 5) is 10.1. The van der Waals surface area contributed by atoms with E-state index in [1.54, 1.807) is 0 Å². The molecule has 0 unspecified atom stereocenters. The number of para-hydroxylation sites is 4. The molecule has 39 heavy (non-hydrogen) atoms. The summed E-state index contributed by atoms with van der Waals surface area (Å²) in [7, 11) is 0. The van der Waals surface area contributed by atoms with Crippen LogP contribution in [0.25, 0.3) is 5.69 Å². The minimum absolute atomic E-state index is 0.158. The van der Waals surface area contributed by atoms with E-state index in [2.05, 4.69) is 102 Å². The van der Waals surface area contributed by atoms with Gasteiger partial charge in [-0.1, -0.05) is 78.9 Å². The Kier molecular flexibility index (Phi) is 5.66. The van der Waals surface area contributed by atoms with E-state index in [1.165, 1.54) is 5.56 Å². The van der Waals surface area contributed by atoms with Crippen LogP contribution in [0.4, 0.5) is 17.2 Å². The molecule has 2 aliphatic rings. The van der Waals surface area contributed by atoms with Crippen LogP contribution in [0.15, 0.2) is 114 Å². The molecule has 2 aliphatic heterocycles. The van der Waals surface area contributed by atoms with Crippen molar-refractivity contribution < 1.29 is 4.74 Å². The Labute approximate surface area is 228 Å². The number of fused-ring (bicyclic) bond motifs is 4. The summed E-state index contributed by atoms with van der Waals surface area (Å²) in [5.74, 6) is 2.62. The molecule has 6 heteroatoms. The maximum absolute atomic E-state index is 6.19.